The first-order chi connectivity index (χ1) is 14.0. The van der Waals surface area contributed by atoms with Crippen LogP contribution in [0.3, 0.4) is 0 Å². The largest absolute Gasteiger partial charge is 0.543 e. The van der Waals surface area contributed by atoms with Crippen molar-refractivity contribution < 1.29 is 25.1 Å². The molecule has 0 radical (unpaired) electrons. The summed E-state index contributed by atoms with van der Waals surface area (Å²) >= 11 is 3.26. The van der Waals surface area contributed by atoms with E-state index in [2.05, 4.69) is 55.8 Å². The normalized spacial score (nSPS) is 12.4. The van der Waals surface area contributed by atoms with Crippen LogP contribution in [0.5, 0.6) is 0 Å². The Kier molecular flexibility index (Phi) is 6.73. The Balaban J connectivity index is 0.000000200. The maximum absolute atomic E-state index is 10.9. The van der Waals surface area contributed by atoms with Crippen LogP contribution in [0.25, 0.3) is 5.69 Å². The molecule has 1 aliphatic rings. The highest BCUT2D eigenvalue weighted by Crippen LogP contribution is 2.17. The number of nitrogens with two attached hydrogens (primary N) is 1. The van der Waals surface area contributed by atoms with E-state index in [9.17, 15) is 14.7 Å². The lowest BCUT2D eigenvalue weighted by Gasteiger charge is -2.12. The quantitative estimate of drug-likeness (QED) is 0.580. The van der Waals surface area contributed by atoms with Crippen LogP contribution in [-0.2, 0) is 24.2 Å². The van der Waals surface area contributed by atoms with E-state index < -0.39 is 24.1 Å². The van der Waals surface area contributed by atoms with E-state index in [-0.39, 0.29) is 5.69 Å². The van der Waals surface area contributed by atoms with Crippen molar-refractivity contribution in [3.05, 3.63) is 75.5 Å². The van der Waals surface area contributed by atoms with Gasteiger partial charge in [-0.1, -0.05) is 45.4 Å². The fourth-order valence-corrected chi connectivity index (χ4v) is 3.33. The van der Waals surface area contributed by atoms with Crippen LogP contribution in [0.2, 0.25) is 0 Å². The summed E-state index contributed by atoms with van der Waals surface area (Å²) in [4.78, 5) is 21.7. The highest BCUT2D eigenvalue weighted by molar-refractivity contribution is 9.10. The van der Waals surface area contributed by atoms with Crippen LogP contribution in [0.15, 0.2) is 53.0 Å². The van der Waals surface area contributed by atoms with Gasteiger partial charge in [0.15, 0.2) is 0 Å². The van der Waals surface area contributed by atoms with Gasteiger partial charge in [0, 0.05) is 16.5 Å². The van der Waals surface area contributed by atoms with Gasteiger partial charge in [-0.25, -0.2) is 4.68 Å². The molecule has 1 aliphatic heterocycles. The molecule has 29 heavy (non-hydrogen) atoms. The molecule has 2 heterocycles. The minimum atomic E-state index is -1.56. The summed E-state index contributed by atoms with van der Waals surface area (Å²) in [6, 6.07) is 15.5. The molecule has 0 fully saturated rings. The summed E-state index contributed by atoms with van der Waals surface area (Å²) in [5.74, 6) is -2.73. The van der Waals surface area contributed by atoms with E-state index in [1.54, 1.807) is 29.8 Å². The van der Waals surface area contributed by atoms with Gasteiger partial charge in [-0.3, -0.25) is 4.79 Å². The number of hydrogen-bond acceptors (Lipinski definition) is 5. The number of quaternary nitrogens is 1. The van der Waals surface area contributed by atoms with Gasteiger partial charge >= 0.3 is 5.97 Å². The molecule has 0 atom stereocenters. The van der Waals surface area contributed by atoms with Gasteiger partial charge < -0.3 is 20.3 Å². The molecule has 2 aromatic carbocycles. The third kappa shape index (κ3) is 5.27. The molecule has 8 nitrogen and oxygen atoms in total. The Morgan fingerprint density at radius 1 is 1.14 bits per heavy atom. The molecule has 1 aromatic heterocycles. The number of aromatic nitrogens is 3. The van der Waals surface area contributed by atoms with Crippen molar-refractivity contribution in [2.75, 3.05) is 6.54 Å². The molecular weight excluding hydrogens is 440 g/mol. The third-order valence-electron chi connectivity index (χ3n) is 4.45. The summed E-state index contributed by atoms with van der Waals surface area (Å²) in [6.07, 6.45) is 0.739. The number of aliphatic carboxylic acids is 1. The molecule has 3 N–H and O–H groups in total. The third-order valence-corrected chi connectivity index (χ3v) is 4.98. The first-order valence-corrected chi connectivity index (χ1v) is 9.77. The van der Waals surface area contributed by atoms with Crippen LogP contribution in [0, 0.1) is 0 Å². The van der Waals surface area contributed by atoms with E-state index in [1.807, 2.05) is 0 Å². The van der Waals surface area contributed by atoms with Crippen molar-refractivity contribution in [3.8, 4) is 5.69 Å². The fourth-order valence-electron chi connectivity index (χ4n) is 3.07. The van der Waals surface area contributed by atoms with Gasteiger partial charge in [0.2, 0.25) is 0 Å². The summed E-state index contributed by atoms with van der Waals surface area (Å²) in [5.41, 5.74) is 3.08. The molecular formula is C20H19BrN4O4. The second-order valence-electron chi connectivity index (χ2n) is 6.43. The number of hydrogen-bond donors (Lipinski definition) is 2. The molecule has 0 spiro atoms. The number of halogens is 1. The maximum atomic E-state index is 10.9. The highest BCUT2D eigenvalue weighted by Gasteiger charge is 2.17. The zero-order chi connectivity index (χ0) is 20.8. The zero-order valence-electron chi connectivity index (χ0n) is 15.4. The maximum Gasteiger partial charge on any atom is 0.309 e. The molecule has 0 saturated heterocycles. The molecule has 150 valence electrons. The highest BCUT2D eigenvalue weighted by atomic mass is 79.9. The van der Waals surface area contributed by atoms with E-state index in [1.165, 1.54) is 29.8 Å². The second-order valence-corrected chi connectivity index (χ2v) is 7.35. The monoisotopic (exact) mass is 458 g/mol. The lowest BCUT2D eigenvalue weighted by molar-refractivity contribution is -0.673. The Hall–Kier alpha value is -3.04. The first kappa shape index (κ1) is 20.7. The molecule has 3 aromatic rings. The molecule has 0 amide bonds. The topological polar surface area (TPSA) is 125 Å². The minimum absolute atomic E-state index is 0.0326. The SMILES string of the molecule is O=C(O)Cc1c(C(=O)[O-])nnn1-c1ccc(Br)cc1.c1ccc2c(c1)CC[NH2+]C2. The van der Waals surface area contributed by atoms with Gasteiger partial charge in [-0.15, -0.1) is 5.10 Å². The lowest BCUT2D eigenvalue weighted by atomic mass is 10.0. The number of rotatable bonds is 4. The Bertz CT molecular complexity index is 993. The molecule has 0 unspecified atom stereocenters. The Morgan fingerprint density at radius 2 is 1.83 bits per heavy atom. The number of carbonyl (C=O) groups excluding carboxylic acids is 1. The van der Waals surface area contributed by atoms with E-state index in [0.717, 1.165) is 4.47 Å². The zero-order valence-corrected chi connectivity index (χ0v) is 17.0. The van der Waals surface area contributed by atoms with Crippen molar-refractivity contribution in [3.63, 3.8) is 0 Å². The number of carboxylic acid groups (broad SMARTS) is 2. The minimum Gasteiger partial charge on any atom is -0.543 e. The lowest BCUT2D eigenvalue weighted by Crippen LogP contribution is -2.84. The predicted molar refractivity (Wildman–Crippen MR) is 105 cm³/mol. The van der Waals surface area contributed by atoms with E-state index >= 15 is 0 Å². The molecule has 0 bridgehead atoms. The molecule has 0 saturated carbocycles. The predicted octanol–water partition coefficient (Wildman–Crippen LogP) is 0.326. The first-order valence-electron chi connectivity index (χ1n) is 8.98. The van der Waals surface area contributed by atoms with Crippen molar-refractivity contribution in [2.45, 2.75) is 19.4 Å². The number of carboxylic acids is 2. The van der Waals surface area contributed by atoms with Gasteiger partial charge in [-0.2, -0.15) is 0 Å². The van der Waals surface area contributed by atoms with Crippen LogP contribution in [-0.4, -0.2) is 38.6 Å². The average Bonchev–Trinajstić information content (AvgIpc) is 3.12. The van der Waals surface area contributed by atoms with Crippen molar-refractivity contribution in [2.24, 2.45) is 0 Å². The van der Waals surface area contributed by atoms with Crippen LogP contribution < -0.4 is 10.4 Å². The number of nitrogens with zero attached hydrogens (tertiary/aromatic N) is 3. The standard InChI is InChI=1S/C11H8BrN3O4.C9H11N/c12-6-1-3-7(4-2-6)15-8(5-9(16)17)10(11(18)19)13-14-15;1-2-4-9-7-10-6-5-8(9)3-1/h1-4H,5H2,(H,16,17)(H,18,19);1-4,10H,5-7H2. The van der Waals surface area contributed by atoms with Gasteiger partial charge in [0.05, 0.1) is 30.3 Å². The number of fused-ring (bicyclic) bond motifs is 1. The van der Waals surface area contributed by atoms with Crippen LogP contribution >= 0.6 is 15.9 Å². The number of aromatic carboxylic acids is 1. The average molecular weight is 459 g/mol. The van der Waals surface area contributed by atoms with Crippen molar-refractivity contribution in [1.29, 1.82) is 0 Å². The van der Waals surface area contributed by atoms with Crippen LogP contribution in [0.4, 0.5) is 0 Å². The Morgan fingerprint density at radius 3 is 2.45 bits per heavy atom. The van der Waals surface area contributed by atoms with Crippen LogP contribution in [0.1, 0.15) is 27.3 Å². The van der Waals surface area contributed by atoms with Gasteiger partial charge in [0.25, 0.3) is 0 Å². The molecule has 9 heteroatoms. The van der Waals surface area contributed by atoms with Gasteiger partial charge in [-0.05, 0) is 29.8 Å². The smallest absolute Gasteiger partial charge is 0.309 e. The summed E-state index contributed by atoms with van der Waals surface area (Å²) < 4.78 is 2.00. The molecule has 4 rings (SSSR count). The van der Waals surface area contributed by atoms with Gasteiger partial charge in [0.1, 0.15) is 12.2 Å². The van der Waals surface area contributed by atoms with Crippen molar-refractivity contribution >= 4 is 27.9 Å². The Labute approximate surface area is 175 Å². The summed E-state index contributed by atoms with van der Waals surface area (Å²) in [5, 5.41) is 29.2. The van der Waals surface area contributed by atoms with E-state index in [4.69, 9.17) is 5.11 Å². The number of benzene rings is 2. The molecule has 0 aliphatic carbocycles. The number of carbonyl (C=O) groups is 2. The van der Waals surface area contributed by atoms with E-state index in [0.29, 0.717) is 5.69 Å². The summed E-state index contributed by atoms with van der Waals surface area (Å²) in [7, 11) is 0. The summed E-state index contributed by atoms with van der Waals surface area (Å²) in [6.45, 7) is 2.44. The fraction of sp³-hybridized carbons (Fsp3) is 0.200. The second kappa shape index (κ2) is 9.44. The van der Waals surface area contributed by atoms with Crippen molar-refractivity contribution in [1.82, 2.24) is 15.0 Å².